The summed E-state index contributed by atoms with van der Waals surface area (Å²) in [5, 5.41) is 0. The normalized spacial score (nSPS) is 19.4. The van der Waals surface area contributed by atoms with Gasteiger partial charge in [0.2, 0.25) is 10.0 Å². The van der Waals surface area contributed by atoms with Gasteiger partial charge < -0.3 is 4.74 Å². The van der Waals surface area contributed by atoms with Crippen LogP contribution in [0.1, 0.15) is 78.8 Å². The third-order valence-corrected chi connectivity index (χ3v) is 7.30. The zero-order valence-electron chi connectivity index (χ0n) is 19.6. The van der Waals surface area contributed by atoms with Crippen LogP contribution in [0.15, 0.2) is 42.5 Å². The average Bonchev–Trinajstić information content (AvgIpc) is 3.24. The smallest absolute Gasteiger partial charge is 0.208 e. The molecule has 0 spiro atoms. The minimum Gasteiger partial charge on any atom is -0.497 e. The van der Waals surface area contributed by atoms with E-state index in [1.165, 1.54) is 11.6 Å². The van der Waals surface area contributed by atoms with Crippen molar-refractivity contribution in [3.63, 3.8) is 0 Å². The van der Waals surface area contributed by atoms with Gasteiger partial charge in [0.25, 0.3) is 0 Å². The van der Waals surface area contributed by atoms with Crippen LogP contribution in [0.2, 0.25) is 0 Å². The van der Waals surface area contributed by atoms with Gasteiger partial charge in [-0.2, -0.15) is 0 Å². The first kappa shape index (κ1) is 25.4. The van der Waals surface area contributed by atoms with E-state index in [4.69, 9.17) is 4.74 Å². The van der Waals surface area contributed by atoms with Crippen molar-refractivity contribution in [3.05, 3.63) is 65.0 Å². The highest BCUT2D eigenvalue weighted by molar-refractivity contribution is 7.88. The number of methoxy groups -OCH3 is 1. The van der Waals surface area contributed by atoms with Gasteiger partial charge in [-0.15, -0.1) is 0 Å². The zero-order valence-corrected chi connectivity index (χ0v) is 20.5. The molecule has 0 amide bonds. The Kier molecular flexibility index (Phi) is 8.65. The summed E-state index contributed by atoms with van der Waals surface area (Å²) in [7, 11) is -1.66. The van der Waals surface area contributed by atoms with Crippen molar-refractivity contribution in [1.29, 1.82) is 0 Å². The van der Waals surface area contributed by atoms with E-state index in [0.717, 1.165) is 37.5 Å². The van der Waals surface area contributed by atoms with E-state index in [9.17, 15) is 17.6 Å². The lowest BCUT2D eigenvalue weighted by Gasteiger charge is -2.18. The predicted molar refractivity (Wildman–Crippen MR) is 129 cm³/mol. The molecule has 33 heavy (non-hydrogen) atoms. The van der Waals surface area contributed by atoms with Crippen molar-refractivity contribution >= 4 is 15.8 Å². The Morgan fingerprint density at radius 2 is 1.91 bits per heavy atom. The molecule has 0 heterocycles. The topological polar surface area (TPSA) is 72.5 Å². The molecule has 5 nitrogen and oxygen atoms in total. The second kappa shape index (κ2) is 11.3. The molecule has 0 aliphatic heterocycles. The first-order valence-corrected chi connectivity index (χ1v) is 13.5. The lowest BCUT2D eigenvalue weighted by atomic mass is 9.87. The molecule has 2 aromatic carbocycles. The fraction of sp³-hybridized carbons (Fsp3) is 0.500. The van der Waals surface area contributed by atoms with Crippen LogP contribution in [0.4, 0.5) is 4.39 Å². The number of carbonyl (C=O) groups is 1. The number of benzene rings is 2. The Labute approximate surface area is 196 Å². The molecular weight excluding hydrogens is 441 g/mol. The number of ketones is 1. The van der Waals surface area contributed by atoms with Gasteiger partial charge >= 0.3 is 0 Å². The summed E-state index contributed by atoms with van der Waals surface area (Å²) in [6.45, 7) is 2.42. The van der Waals surface area contributed by atoms with Gasteiger partial charge in [0.1, 0.15) is 11.6 Å². The second-order valence-electron chi connectivity index (χ2n) is 9.25. The van der Waals surface area contributed by atoms with Gasteiger partial charge in [-0.1, -0.05) is 31.2 Å². The predicted octanol–water partition coefficient (Wildman–Crippen LogP) is 5.42. The minimum atomic E-state index is -3.22. The SMILES string of the molecule is COc1cc(F)cc([C@@H](C)CC2CC[C@H](c3ccc(C(=O)CCCNS(C)(=O)=O)cc3)C2)c1. The van der Waals surface area contributed by atoms with E-state index in [2.05, 4.69) is 23.8 Å². The third kappa shape index (κ3) is 7.64. The summed E-state index contributed by atoms with van der Waals surface area (Å²) in [6, 6.07) is 12.8. The number of Topliss-reactive ketones (excluding diaryl/α,β-unsaturated/α-hetero) is 1. The maximum atomic E-state index is 13.9. The molecule has 0 saturated heterocycles. The van der Waals surface area contributed by atoms with Crippen molar-refractivity contribution in [3.8, 4) is 5.75 Å². The van der Waals surface area contributed by atoms with Gasteiger partial charge in [-0.25, -0.2) is 17.5 Å². The average molecular weight is 476 g/mol. The summed E-state index contributed by atoms with van der Waals surface area (Å²) in [4.78, 5) is 12.4. The number of halogens is 1. The largest absolute Gasteiger partial charge is 0.497 e. The molecule has 180 valence electrons. The molecule has 7 heteroatoms. The molecule has 0 aromatic heterocycles. The molecule has 3 atom stereocenters. The third-order valence-electron chi connectivity index (χ3n) is 6.58. The van der Waals surface area contributed by atoms with Crippen LogP contribution in [0.5, 0.6) is 5.75 Å². The summed E-state index contributed by atoms with van der Waals surface area (Å²) in [5.74, 6) is 1.65. The number of ether oxygens (including phenoxy) is 1. The van der Waals surface area contributed by atoms with Crippen LogP contribution >= 0.6 is 0 Å². The van der Waals surface area contributed by atoms with Crippen LogP contribution in [0.3, 0.4) is 0 Å². The van der Waals surface area contributed by atoms with Gasteiger partial charge in [0.15, 0.2) is 5.78 Å². The standard InChI is InChI=1S/C26H34FNO4S/c1-18(23-15-24(27)17-25(16-23)32-2)13-19-6-7-22(14-19)20-8-10-21(11-9-20)26(29)5-4-12-28-33(3,30)31/h8-11,15-19,22,28H,4-7,12-14H2,1-3H3/t18-,19?,22-/m0/s1. The number of rotatable bonds is 11. The number of nitrogens with one attached hydrogen (secondary N) is 1. The molecule has 1 N–H and O–H groups in total. The summed E-state index contributed by atoms with van der Waals surface area (Å²) >= 11 is 0. The van der Waals surface area contributed by atoms with Crippen LogP contribution in [-0.2, 0) is 10.0 Å². The van der Waals surface area contributed by atoms with Gasteiger partial charge in [-0.05, 0) is 73.1 Å². The van der Waals surface area contributed by atoms with Gasteiger partial charge in [0.05, 0.1) is 13.4 Å². The van der Waals surface area contributed by atoms with Crippen LogP contribution in [0, 0.1) is 11.7 Å². The molecule has 3 rings (SSSR count). The Hall–Kier alpha value is -2.25. The monoisotopic (exact) mass is 475 g/mol. The van der Waals surface area contributed by atoms with E-state index >= 15 is 0 Å². The lowest BCUT2D eigenvalue weighted by Crippen LogP contribution is -2.23. The molecule has 1 fully saturated rings. The first-order valence-electron chi connectivity index (χ1n) is 11.6. The van der Waals surface area contributed by atoms with Crippen LogP contribution in [-0.4, -0.2) is 34.1 Å². The Morgan fingerprint density at radius 3 is 2.58 bits per heavy atom. The number of hydrogen-bond donors (Lipinski definition) is 1. The van der Waals surface area contributed by atoms with Gasteiger partial charge in [0, 0.05) is 24.6 Å². The first-order chi connectivity index (χ1) is 15.6. The van der Waals surface area contributed by atoms with Crippen LogP contribution < -0.4 is 9.46 Å². The molecule has 1 unspecified atom stereocenters. The summed E-state index contributed by atoms with van der Waals surface area (Å²) in [6.07, 6.45) is 6.29. The van der Waals surface area contributed by atoms with Crippen molar-refractivity contribution in [1.82, 2.24) is 4.72 Å². The number of carbonyl (C=O) groups excluding carboxylic acids is 1. The number of sulfonamides is 1. The quantitative estimate of drug-likeness (QED) is 0.348. The van der Waals surface area contributed by atoms with Crippen LogP contribution in [0.25, 0.3) is 0 Å². The fourth-order valence-corrected chi connectivity index (χ4v) is 5.32. The van der Waals surface area contributed by atoms with E-state index < -0.39 is 10.0 Å². The molecule has 1 aliphatic rings. The Balaban J connectivity index is 1.50. The van der Waals surface area contributed by atoms with E-state index in [-0.39, 0.29) is 24.1 Å². The second-order valence-corrected chi connectivity index (χ2v) is 11.1. The molecule has 0 bridgehead atoms. The van der Waals surface area contributed by atoms with Crippen molar-refractivity contribution < 1.29 is 22.3 Å². The maximum Gasteiger partial charge on any atom is 0.208 e. The van der Waals surface area contributed by atoms with Crippen molar-refractivity contribution in [2.75, 3.05) is 19.9 Å². The highest BCUT2D eigenvalue weighted by Gasteiger charge is 2.27. The molecule has 1 saturated carbocycles. The Morgan fingerprint density at radius 1 is 1.18 bits per heavy atom. The number of hydrogen-bond acceptors (Lipinski definition) is 4. The lowest BCUT2D eigenvalue weighted by molar-refractivity contribution is 0.0980. The maximum absolute atomic E-state index is 13.9. The highest BCUT2D eigenvalue weighted by Crippen LogP contribution is 2.42. The van der Waals surface area contributed by atoms with Gasteiger partial charge in [-0.3, -0.25) is 4.79 Å². The summed E-state index contributed by atoms with van der Waals surface area (Å²) in [5.41, 5.74) is 2.90. The highest BCUT2D eigenvalue weighted by atomic mass is 32.2. The van der Waals surface area contributed by atoms with E-state index in [0.29, 0.717) is 36.0 Å². The van der Waals surface area contributed by atoms with E-state index in [1.807, 2.05) is 18.2 Å². The Bertz CT molecular complexity index is 1050. The minimum absolute atomic E-state index is 0.0282. The zero-order chi connectivity index (χ0) is 24.0. The van der Waals surface area contributed by atoms with Crippen molar-refractivity contribution in [2.24, 2.45) is 5.92 Å². The fourth-order valence-electron chi connectivity index (χ4n) is 4.81. The van der Waals surface area contributed by atoms with E-state index in [1.54, 1.807) is 13.2 Å². The van der Waals surface area contributed by atoms with Crippen molar-refractivity contribution in [2.45, 2.75) is 57.3 Å². The molecule has 2 aromatic rings. The molecule has 1 aliphatic carbocycles. The molecular formula is C26H34FNO4S. The summed E-state index contributed by atoms with van der Waals surface area (Å²) < 4.78 is 43.7. The molecule has 0 radical (unpaired) electrons.